The fourth-order valence-corrected chi connectivity index (χ4v) is 3.13. The molecular formula is C14H25N3O2. The van der Waals surface area contributed by atoms with Gasteiger partial charge in [-0.2, -0.15) is 0 Å². The maximum Gasteiger partial charge on any atom is 0.315 e. The van der Waals surface area contributed by atoms with Gasteiger partial charge in [-0.15, -0.1) is 0 Å². The molecule has 19 heavy (non-hydrogen) atoms. The van der Waals surface area contributed by atoms with Crippen LogP contribution in [-0.2, 0) is 4.79 Å². The molecule has 3 amide bonds. The molecule has 0 radical (unpaired) electrons. The number of nitrogens with one attached hydrogen (secondary N) is 2. The minimum Gasteiger partial charge on any atom is -0.344 e. The number of amides is 3. The number of hydrogen-bond donors (Lipinski definition) is 2. The van der Waals surface area contributed by atoms with Crippen molar-refractivity contribution in [3.8, 4) is 0 Å². The lowest BCUT2D eigenvalue weighted by molar-refractivity contribution is -0.128. The molecule has 0 bridgehead atoms. The predicted octanol–water partition coefficient (Wildman–Crippen LogP) is 1.49. The minimum absolute atomic E-state index is 0.0187. The second-order valence-corrected chi connectivity index (χ2v) is 5.86. The summed E-state index contributed by atoms with van der Waals surface area (Å²) in [5.74, 6) is 0.753. The summed E-state index contributed by atoms with van der Waals surface area (Å²) in [5.41, 5.74) is 0. The smallest absolute Gasteiger partial charge is 0.315 e. The molecule has 5 nitrogen and oxygen atoms in total. The van der Waals surface area contributed by atoms with Crippen LogP contribution in [-0.4, -0.2) is 42.5 Å². The van der Waals surface area contributed by atoms with Crippen molar-refractivity contribution in [3.05, 3.63) is 0 Å². The number of likely N-dealkylation sites (N-methyl/N-ethyl adjacent to an activating group) is 1. The lowest BCUT2D eigenvalue weighted by Crippen LogP contribution is -2.49. The van der Waals surface area contributed by atoms with Gasteiger partial charge in [0.15, 0.2) is 0 Å². The average molecular weight is 267 g/mol. The number of carbonyl (C=O) groups is 2. The summed E-state index contributed by atoms with van der Waals surface area (Å²) >= 11 is 0. The van der Waals surface area contributed by atoms with E-state index in [4.69, 9.17) is 0 Å². The number of rotatable bonds is 3. The Labute approximate surface area is 115 Å². The van der Waals surface area contributed by atoms with Crippen molar-refractivity contribution in [3.63, 3.8) is 0 Å². The Bertz CT molecular complexity index is 346. The number of carbonyl (C=O) groups excluding carboxylic acids is 2. The number of nitrogens with zero attached hydrogens (tertiary/aromatic N) is 1. The first-order valence-electron chi connectivity index (χ1n) is 7.42. The van der Waals surface area contributed by atoms with E-state index in [2.05, 4.69) is 17.6 Å². The maximum atomic E-state index is 11.9. The number of likely N-dealkylation sites (tertiary alicyclic amines) is 1. The first kappa shape index (κ1) is 14.2. The summed E-state index contributed by atoms with van der Waals surface area (Å²) in [6, 6.07) is -0.251. The molecule has 1 heterocycles. The molecule has 2 N–H and O–H groups in total. The summed E-state index contributed by atoms with van der Waals surface area (Å²) < 4.78 is 0. The summed E-state index contributed by atoms with van der Waals surface area (Å²) in [6.45, 7) is 2.94. The van der Waals surface area contributed by atoms with Crippen LogP contribution < -0.4 is 10.6 Å². The fraction of sp³-hybridized carbons (Fsp3) is 0.857. The molecule has 1 aliphatic carbocycles. The highest BCUT2D eigenvalue weighted by Crippen LogP contribution is 2.26. The van der Waals surface area contributed by atoms with Crippen molar-refractivity contribution in [2.24, 2.45) is 5.92 Å². The lowest BCUT2D eigenvalue weighted by atomic mass is 9.84. The van der Waals surface area contributed by atoms with Crippen molar-refractivity contribution >= 4 is 11.9 Å². The van der Waals surface area contributed by atoms with E-state index in [0.29, 0.717) is 6.42 Å². The highest BCUT2D eigenvalue weighted by atomic mass is 16.2. The molecule has 0 aromatic heterocycles. The molecule has 1 aliphatic heterocycles. The largest absolute Gasteiger partial charge is 0.344 e. The Kier molecular flexibility index (Phi) is 4.66. The minimum atomic E-state index is -0.337. The van der Waals surface area contributed by atoms with E-state index in [1.807, 2.05) is 0 Å². The van der Waals surface area contributed by atoms with Crippen LogP contribution in [0.5, 0.6) is 0 Å². The summed E-state index contributed by atoms with van der Waals surface area (Å²) in [4.78, 5) is 25.3. The van der Waals surface area contributed by atoms with Crippen molar-refractivity contribution in [2.45, 2.75) is 57.5 Å². The molecule has 3 atom stereocenters. The Morgan fingerprint density at radius 3 is 2.74 bits per heavy atom. The molecule has 0 unspecified atom stereocenters. The molecule has 108 valence electrons. The van der Waals surface area contributed by atoms with Gasteiger partial charge >= 0.3 is 6.03 Å². The van der Waals surface area contributed by atoms with Gasteiger partial charge in [0.05, 0.1) is 0 Å². The highest BCUT2D eigenvalue weighted by Gasteiger charge is 2.31. The van der Waals surface area contributed by atoms with E-state index < -0.39 is 0 Å². The first-order chi connectivity index (χ1) is 9.10. The van der Waals surface area contributed by atoms with Crippen LogP contribution in [0.1, 0.15) is 45.4 Å². The Hall–Kier alpha value is -1.26. The van der Waals surface area contributed by atoms with Gasteiger partial charge in [-0.1, -0.05) is 26.2 Å². The molecule has 2 aliphatic rings. The topological polar surface area (TPSA) is 61.4 Å². The van der Waals surface area contributed by atoms with Crippen LogP contribution in [0, 0.1) is 5.92 Å². The van der Waals surface area contributed by atoms with Crippen LogP contribution in [0.4, 0.5) is 4.79 Å². The molecule has 0 aromatic carbocycles. The van der Waals surface area contributed by atoms with Crippen molar-refractivity contribution in [2.75, 3.05) is 13.6 Å². The molecule has 2 rings (SSSR count). The number of hydrogen-bond acceptors (Lipinski definition) is 2. The van der Waals surface area contributed by atoms with Crippen molar-refractivity contribution in [1.29, 1.82) is 0 Å². The molecule has 1 saturated carbocycles. The van der Waals surface area contributed by atoms with E-state index >= 15 is 0 Å². The van der Waals surface area contributed by atoms with Crippen LogP contribution in [0.2, 0.25) is 0 Å². The molecule has 1 saturated heterocycles. The van der Waals surface area contributed by atoms with Gasteiger partial charge in [0.25, 0.3) is 0 Å². The van der Waals surface area contributed by atoms with Gasteiger partial charge in [0, 0.05) is 19.6 Å². The van der Waals surface area contributed by atoms with Gasteiger partial charge in [-0.3, -0.25) is 4.79 Å². The monoisotopic (exact) mass is 267 g/mol. The Balaban J connectivity index is 1.76. The van der Waals surface area contributed by atoms with Crippen LogP contribution >= 0.6 is 0 Å². The van der Waals surface area contributed by atoms with E-state index in [1.165, 1.54) is 19.3 Å². The zero-order valence-corrected chi connectivity index (χ0v) is 11.9. The average Bonchev–Trinajstić information content (AvgIpc) is 2.71. The van der Waals surface area contributed by atoms with E-state index in [0.717, 1.165) is 25.3 Å². The second kappa shape index (κ2) is 6.26. The molecule has 0 aromatic rings. The van der Waals surface area contributed by atoms with Crippen molar-refractivity contribution in [1.82, 2.24) is 15.5 Å². The zero-order chi connectivity index (χ0) is 13.8. The molecule has 0 spiro atoms. The van der Waals surface area contributed by atoms with Gasteiger partial charge in [-0.05, 0) is 25.2 Å². The van der Waals surface area contributed by atoms with E-state index in [9.17, 15) is 9.59 Å². The van der Waals surface area contributed by atoms with Gasteiger partial charge < -0.3 is 15.5 Å². The standard InChI is InChI=1S/C14H25N3O2/c1-3-10-5-4-6-11(9-10)15-14(19)16-12-7-8-17(2)13(12)18/h10-12H,3-9H2,1-2H3,(H2,15,16,19)/t10-,11+,12-/m1/s1. The van der Waals surface area contributed by atoms with Gasteiger partial charge in [0.2, 0.25) is 5.91 Å². The third-order valence-electron chi connectivity index (χ3n) is 4.43. The van der Waals surface area contributed by atoms with Crippen LogP contribution in [0.15, 0.2) is 0 Å². The lowest BCUT2D eigenvalue weighted by Gasteiger charge is -2.29. The summed E-state index contributed by atoms with van der Waals surface area (Å²) in [5, 5.41) is 5.82. The van der Waals surface area contributed by atoms with E-state index in [1.54, 1.807) is 11.9 Å². The normalized spacial score (nSPS) is 31.4. The molecular weight excluding hydrogens is 242 g/mol. The first-order valence-corrected chi connectivity index (χ1v) is 7.42. The second-order valence-electron chi connectivity index (χ2n) is 5.86. The van der Waals surface area contributed by atoms with Gasteiger partial charge in [-0.25, -0.2) is 4.79 Å². The molecule has 2 fully saturated rings. The molecule has 5 heteroatoms. The Morgan fingerprint density at radius 1 is 1.32 bits per heavy atom. The fourth-order valence-electron chi connectivity index (χ4n) is 3.13. The summed E-state index contributed by atoms with van der Waals surface area (Å²) in [6.07, 6.45) is 6.50. The van der Waals surface area contributed by atoms with E-state index in [-0.39, 0.29) is 24.0 Å². The van der Waals surface area contributed by atoms with Crippen molar-refractivity contribution < 1.29 is 9.59 Å². The maximum absolute atomic E-state index is 11.9. The Morgan fingerprint density at radius 2 is 2.11 bits per heavy atom. The van der Waals surface area contributed by atoms with Gasteiger partial charge in [0.1, 0.15) is 6.04 Å². The van der Waals surface area contributed by atoms with Crippen LogP contribution in [0.3, 0.4) is 0 Å². The SMILES string of the molecule is CC[C@@H]1CCC[C@H](NC(=O)N[C@@H]2CCN(C)C2=O)C1. The van der Waals surface area contributed by atoms with Crippen LogP contribution in [0.25, 0.3) is 0 Å². The summed E-state index contributed by atoms with van der Waals surface area (Å²) in [7, 11) is 1.77. The number of urea groups is 1. The predicted molar refractivity (Wildman–Crippen MR) is 73.7 cm³/mol. The third-order valence-corrected chi connectivity index (χ3v) is 4.43. The zero-order valence-electron chi connectivity index (χ0n) is 11.9. The highest BCUT2D eigenvalue weighted by molar-refractivity contribution is 5.88. The third kappa shape index (κ3) is 3.61. The quantitative estimate of drug-likeness (QED) is 0.813.